The van der Waals surface area contributed by atoms with Crippen molar-refractivity contribution in [1.82, 2.24) is 15.5 Å². The molecule has 0 amide bonds. The lowest BCUT2D eigenvalue weighted by molar-refractivity contribution is 0.00992. The fourth-order valence-electron chi connectivity index (χ4n) is 2.75. The van der Waals surface area contributed by atoms with Crippen molar-refractivity contribution in [1.29, 1.82) is 0 Å². The van der Waals surface area contributed by atoms with E-state index in [2.05, 4.69) is 42.0 Å². The Hall–Kier alpha value is 0.110. The number of nitrogens with zero attached hydrogens (tertiary/aromatic N) is 1. The van der Waals surface area contributed by atoms with E-state index in [1.807, 2.05) is 0 Å². The van der Waals surface area contributed by atoms with E-state index in [9.17, 15) is 0 Å². The molecule has 0 aliphatic carbocycles. The van der Waals surface area contributed by atoms with E-state index in [1.54, 1.807) is 0 Å². The molecule has 0 aromatic carbocycles. The third-order valence-corrected chi connectivity index (χ3v) is 4.21. The monoisotopic (exact) mass is 363 g/mol. The summed E-state index contributed by atoms with van der Waals surface area (Å²) in [6, 6.07) is 1.27. The topological polar surface area (TPSA) is 55.0 Å². The molecule has 1 heterocycles. The third-order valence-electron chi connectivity index (χ3n) is 3.99. The predicted octanol–water partition coefficient (Wildman–Crippen LogP) is 0.976. The fourth-order valence-corrected chi connectivity index (χ4v) is 2.91. The van der Waals surface area contributed by atoms with Crippen molar-refractivity contribution in [2.24, 2.45) is 0 Å². The lowest BCUT2D eigenvalue weighted by Crippen LogP contribution is -2.45. The fraction of sp³-hybridized carbons (Fsp3) is 1.00. The average molecular weight is 364 g/mol. The van der Waals surface area contributed by atoms with Gasteiger partial charge in [-0.1, -0.05) is 13.8 Å². The first-order valence-electron chi connectivity index (χ1n) is 9.25. The van der Waals surface area contributed by atoms with Crippen LogP contribution in [0.15, 0.2) is 0 Å². The summed E-state index contributed by atoms with van der Waals surface area (Å²) in [4.78, 5) is 2.49. The molecule has 2 N–H and O–H groups in total. The van der Waals surface area contributed by atoms with E-state index in [0.717, 1.165) is 19.7 Å². The van der Waals surface area contributed by atoms with Gasteiger partial charge in [0, 0.05) is 31.0 Å². The standard InChI is InChI=1S/C17H37N3O3S/c1-16(2)19-17-3-6-20(7-4-17)8-10-22-12-14-23-13-11-21-9-5-18-15-24/h16-19,24H,3-15H2,1-2H3. The molecule has 0 spiro atoms. The minimum atomic E-state index is 0.583. The summed E-state index contributed by atoms with van der Waals surface area (Å²) in [5, 5.41) is 6.71. The Balaban J connectivity index is 1.79. The number of rotatable bonds is 15. The third kappa shape index (κ3) is 12.5. The molecule has 144 valence electrons. The van der Waals surface area contributed by atoms with Gasteiger partial charge in [0.25, 0.3) is 0 Å². The summed E-state index contributed by atoms with van der Waals surface area (Å²) in [6.45, 7) is 12.7. The zero-order valence-electron chi connectivity index (χ0n) is 15.5. The maximum absolute atomic E-state index is 5.65. The van der Waals surface area contributed by atoms with E-state index in [1.165, 1.54) is 25.9 Å². The van der Waals surface area contributed by atoms with E-state index >= 15 is 0 Å². The van der Waals surface area contributed by atoms with Gasteiger partial charge in [0.05, 0.1) is 39.6 Å². The van der Waals surface area contributed by atoms with Crippen LogP contribution < -0.4 is 10.6 Å². The van der Waals surface area contributed by atoms with Gasteiger partial charge in [-0.25, -0.2) is 0 Å². The van der Waals surface area contributed by atoms with Gasteiger partial charge in [-0.15, -0.1) is 0 Å². The Morgan fingerprint density at radius 2 is 1.54 bits per heavy atom. The molecule has 7 heteroatoms. The number of piperidine rings is 1. The van der Waals surface area contributed by atoms with Crippen LogP contribution >= 0.6 is 12.6 Å². The molecule has 1 fully saturated rings. The SMILES string of the molecule is CC(C)NC1CCN(CCOCCOCCOCCNCS)CC1. The van der Waals surface area contributed by atoms with Crippen molar-refractivity contribution in [3.8, 4) is 0 Å². The Labute approximate surface area is 153 Å². The molecule has 1 saturated heterocycles. The van der Waals surface area contributed by atoms with Crippen molar-refractivity contribution in [3.63, 3.8) is 0 Å². The highest BCUT2D eigenvalue weighted by atomic mass is 32.1. The van der Waals surface area contributed by atoms with Gasteiger partial charge in [0.15, 0.2) is 0 Å². The summed E-state index contributed by atoms with van der Waals surface area (Å²) < 4.78 is 16.5. The average Bonchev–Trinajstić information content (AvgIpc) is 2.57. The van der Waals surface area contributed by atoms with Crippen LogP contribution in [0.2, 0.25) is 0 Å². The van der Waals surface area contributed by atoms with Crippen molar-refractivity contribution in [2.45, 2.75) is 38.8 Å². The van der Waals surface area contributed by atoms with Crippen LogP contribution in [0.25, 0.3) is 0 Å². The van der Waals surface area contributed by atoms with Crippen LogP contribution in [-0.2, 0) is 14.2 Å². The zero-order valence-corrected chi connectivity index (χ0v) is 16.4. The van der Waals surface area contributed by atoms with E-state index in [0.29, 0.717) is 51.0 Å². The maximum Gasteiger partial charge on any atom is 0.0701 e. The Morgan fingerprint density at radius 1 is 0.958 bits per heavy atom. The molecule has 6 nitrogen and oxygen atoms in total. The predicted molar refractivity (Wildman–Crippen MR) is 102 cm³/mol. The van der Waals surface area contributed by atoms with Gasteiger partial charge < -0.3 is 29.7 Å². The minimum Gasteiger partial charge on any atom is -0.378 e. The molecular formula is C17H37N3O3S. The quantitative estimate of drug-likeness (QED) is 0.229. The van der Waals surface area contributed by atoms with Crippen LogP contribution in [0.3, 0.4) is 0 Å². The normalized spacial score (nSPS) is 17.0. The molecule has 1 rings (SSSR count). The number of hydrogen-bond acceptors (Lipinski definition) is 7. The Morgan fingerprint density at radius 3 is 2.12 bits per heavy atom. The summed E-state index contributed by atoms with van der Waals surface area (Å²) in [7, 11) is 0. The number of hydrogen-bond donors (Lipinski definition) is 3. The van der Waals surface area contributed by atoms with Crippen LogP contribution in [0, 0.1) is 0 Å². The van der Waals surface area contributed by atoms with Gasteiger partial charge in [0.1, 0.15) is 0 Å². The van der Waals surface area contributed by atoms with Crippen molar-refractivity contribution < 1.29 is 14.2 Å². The van der Waals surface area contributed by atoms with Gasteiger partial charge in [0.2, 0.25) is 0 Å². The molecule has 1 aliphatic rings. The molecule has 0 aromatic rings. The molecule has 0 saturated carbocycles. The summed E-state index contributed by atoms with van der Waals surface area (Å²) in [5.41, 5.74) is 0. The number of likely N-dealkylation sites (tertiary alicyclic amines) is 1. The van der Waals surface area contributed by atoms with Crippen molar-refractivity contribution in [2.75, 3.05) is 71.7 Å². The van der Waals surface area contributed by atoms with Crippen LogP contribution in [0.1, 0.15) is 26.7 Å². The second kappa shape index (κ2) is 15.4. The maximum atomic E-state index is 5.65. The molecule has 0 radical (unpaired) electrons. The first kappa shape index (κ1) is 22.2. The number of ether oxygens (including phenoxy) is 3. The molecule has 0 atom stereocenters. The highest BCUT2D eigenvalue weighted by Crippen LogP contribution is 2.10. The highest BCUT2D eigenvalue weighted by molar-refractivity contribution is 7.80. The first-order valence-corrected chi connectivity index (χ1v) is 9.89. The minimum absolute atomic E-state index is 0.583. The van der Waals surface area contributed by atoms with Gasteiger partial charge in [-0.2, -0.15) is 12.6 Å². The van der Waals surface area contributed by atoms with Crippen LogP contribution in [0.4, 0.5) is 0 Å². The van der Waals surface area contributed by atoms with Gasteiger partial charge >= 0.3 is 0 Å². The van der Waals surface area contributed by atoms with Crippen LogP contribution in [0.5, 0.6) is 0 Å². The zero-order chi connectivity index (χ0) is 17.5. The Kier molecular flexibility index (Phi) is 14.2. The van der Waals surface area contributed by atoms with Gasteiger partial charge in [-0.3, -0.25) is 0 Å². The molecule has 1 aliphatic heterocycles. The van der Waals surface area contributed by atoms with E-state index in [-0.39, 0.29) is 0 Å². The summed E-state index contributed by atoms with van der Waals surface area (Å²) in [5.74, 6) is 0.685. The highest BCUT2D eigenvalue weighted by Gasteiger charge is 2.18. The molecular weight excluding hydrogens is 326 g/mol. The van der Waals surface area contributed by atoms with E-state index < -0.39 is 0 Å². The second-order valence-electron chi connectivity index (χ2n) is 6.43. The largest absolute Gasteiger partial charge is 0.378 e. The lowest BCUT2D eigenvalue weighted by Gasteiger charge is -2.33. The Bertz CT molecular complexity index is 278. The smallest absolute Gasteiger partial charge is 0.0701 e. The molecule has 24 heavy (non-hydrogen) atoms. The molecule has 0 aromatic heterocycles. The van der Waals surface area contributed by atoms with Crippen molar-refractivity contribution in [3.05, 3.63) is 0 Å². The molecule has 0 bridgehead atoms. The second-order valence-corrected chi connectivity index (χ2v) is 6.75. The number of thiol groups is 1. The number of nitrogens with one attached hydrogen (secondary N) is 2. The van der Waals surface area contributed by atoms with Crippen LogP contribution in [-0.4, -0.2) is 88.7 Å². The van der Waals surface area contributed by atoms with Crippen molar-refractivity contribution >= 4 is 12.6 Å². The summed E-state index contributed by atoms with van der Waals surface area (Å²) in [6.07, 6.45) is 2.48. The molecule has 0 unspecified atom stereocenters. The summed E-state index contributed by atoms with van der Waals surface area (Å²) >= 11 is 4.06. The lowest BCUT2D eigenvalue weighted by atomic mass is 10.0. The van der Waals surface area contributed by atoms with Gasteiger partial charge in [-0.05, 0) is 25.9 Å². The first-order chi connectivity index (χ1) is 11.7. The van der Waals surface area contributed by atoms with E-state index in [4.69, 9.17) is 14.2 Å².